The van der Waals surface area contributed by atoms with Gasteiger partial charge in [0.15, 0.2) is 0 Å². The van der Waals surface area contributed by atoms with E-state index in [1.165, 1.54) is 0 Å². The lowest BCUT2D eigenvalue weighted by Crippen LogP contribution is -2.27. The van der Waals surface area contributed by atoms with Crippen LogP contribution in [0.2, 0.25) is 5.02 Å². The Kier molecular flexibility index (Phi) is 4.35. The van der Waals surface area contributed by atoms with E-state index in [1.54, 1.807) is 12.3 Å². The zero-order valence-electron chi connectivity index (χ0n) is 8.44. The van der Waals surface area contributed by atoms with Crippen molar-refractivity contribution in [3.63, 3.8) is 0 Å². The highest BCUT2D eigenvalue weighted by Crippen LogP contribution is 2.25. The number of pyridine rings is 1. The number of nitrogens with zero attached hydrogens (tertiary/aromatic N) is 3. The average Bonchev–Trinajstić information content (AvgIpc) is 2.27. The van der Waals surface area contributed by atoms with E-state index in [0.717, 1.165) is 0 Å². The maximum absolute atomic E-state index is 8.87. The summed E-state index contributed by atoms with van der Waals surface area (Å²) in [5.74, 6) is 0.548. The molecule has 0 saturated heterocycles. The van der Waals surface area contributed by atoms with Gasteiger partial charge >= 0.3 is 0 Å². The molecule has 0 saturated carbocycles. The highest BCUT2D eigenvalue weighted by molar-refractivity contribution is 6.34. The molecule has 4 nitrogen and oxygen atoms in total. The molecule has 0 radical (unpaired) electrons. The summed E-state index contributed by atoms with van der Waals surface area (Å²) < 4.78 is 0. The second-order valence-electron chi connectivity index (χ2n) is 2.91. The van der Waals surface area contributed by atoms with Crippen LogP contribution in [-0.4, -0.2) is 29.8 Å². The van der Waals surface area contributed by atoms with Gasteiger partial charge in [-0.25, -0.2) is 4.98 Å². The summed E-state index contributed by atoms with van der Waals surface area (Å²) in [4.78, 5) is 5.93. The van der Waals surface area contributed by atoms with Gasteiger partial charge in [0.05, 0.1) is 12.2 Å². The number of rotatable bonds is 4. The number of likely N-dealkylation sites (N-methyl/N-ethyl adjacent to an activating group) is 1. The first-order valence-corrected chi connectivity index (χ1v) is 5.02. The topological polar surface area (TPSA) is 60.1 Å². The third-order valence-corrected chi connectivity index (χ3v) is 2.42. The Morgan fingerprint density at radius 2 is 2.40 bits per heavy atom. The first-order valence-electron chi connectivity index (χ1n) is 4.65. The SMILES string of the molecule is CCN(CCO)c1nccc(C#N)c1Cl. The lowest BCUT2D eigenvalue weighted by atomic mass is 10.2. The molecule has 1 N–H and O–H groups in total. The van der Waals surface area contributed by atoms with Crippen molar-refractivity contribution in [2.24, 2.45) is 0 Å². The monoisotopic (exact) mass is 225 g/mol. The van der Waals surface area contributed by atoms with Crippen molar-refractivity contribution in [3.8, 4) is 6.07 Å². The van der Waals surface area contributed by atoms with Crippen LogP contribution in [0.3, 0.4) is 0 Å². The molecule has 1 heterocycles. The van der Waals surface area contributed by atoms with Gasteiger partial charge in [-0.2, -0.15) is 5.26 Å². The minimum Gasteiger partial charge on any atom is -0.395 e. The van der Waals surface area contributed by atoms with E-state index in [-0.39, 0.29) is 6.61 Å². The van der Waals surface area contributed by atoms with Crippen LogP contribution >= 0.6 is 11.6 Å². The van der Waals surface area contributed by atoms with Gasteiger partial charge in [0.1, 0.15) is 16.9 Å². The van der Waals surface area contributed by atoms with Crippen molar-refractivity contribution in [1.82, 2.24) is 4.98 Å². The van der Waals surface area contributed by atoms with E-state index in [1.807, 2.05) is 17.9 Å². The number of halogens is 1. The Morgan fingerprint density at radius 3 is 2.93 bits per heavy atom. The largest absolute Gasteiger partial charge is 0.395 e. The van der Waals surface area contributed by atoms with Gasteiger partial charge in [0.2, 0.25) is 0 Å². The highest BCUT2D eigenvalue weighted by atomic mass is 35.5. The predicted octanol–water partition coefficient (Wildman–Crippen LogP) is 1.43. The van der Waals surface area contributed by atoms with Crippen molar-refractivity contribution in [2.45, 2.75) is 6.92 Å². The maximum Gasteiger partial charge on any atom is 0.148 e. The molecule has 5 heteroatoms. The normalized spacial score (nSPS) is 9.73. The summed E-state index contributed by atoms with van der Waals surface area (Å²) in [6, 6.07) is 3.56. The summed E-state index contributed by atoms with van der Waals surface area (Å²) in [7, 11) is 0. The molecule has 0 aromatic carbocycles. The molecule has 0 fully saturated rings. The fourth-order valence-corrected chi connectivity index (χ4v) is 1.55. The lowest BCUT2D eigenvalue weighted by molar-refractivity contribution is 0.302. The third-order valence-electron chi connectivity index (χ3n) is 2.04. The van der Waals surface area contributed by atoms with Gasteiger partial charge in [0.25, 0.3) is 0 Å². The van der Waals surface area contributed by atoms with Gasteiger partial charge in [0, 0.05) is 19.3 Å². The molecule has 1 aromatic rings. The Hall–Kier alpha value is -1.31. The van der Waals surface area contributed by atoms with Crippen LogP contribution in [0.4, 0.5) is 5.82 Å². The number of aliphatic hydroxyl groups excluding tert-OH is 1. The van der Waals surface area contributed by atoms with E-state index in [4.69, 9.17) is 22.0 Å². The van der Waals surface area contributed by atoms with Crippen molar-refractivity contribution >= 4 is 17.4 Å². The zero-order valence-corrected chi connectivity index (χ0v) is 9.20. The summed E-state index contributed by atoms with van der Waals surface area (Å²) in [5, 5.41) is 18.0. The molecule has 0 bridgehead atoms. The van der Waals surface area contributed by atoms with Gasteiger partial charge in [-0.3, -0.25) is 0 Å². The van der Waals surface area contributed by atoms with Gasteiger partial charge in [-0.1, -0.05) is 11.6 Å². The van der Waals surface area contributed by atoms with Crippen LogP contribution in [0.5, 0.6) is 0 Å². The summed E-state index contributed by atoms with van der Waals surface area (Å²) >= 11 is 6.01. The fraction of sp³-hybridized carbons (Fsp3) is 0.400. The molecule has 0 amide bonds. The molecule has 0 aliphatic rings. The van der Waals surface area contributed by atoms with Crippen LogP contribution in [0, 0.1) is 11.3 Å². The standard InChI is InChI=1S/C10H12ClN3O/c1-2-14(5-6-15)10-9(11)8(7-12)3-4-13-10/h3-4,15H,2,5-6H2,1H3. The smallest absolute Gasteiger partial charge is 0.148 e. The molecular weight excluding hydrogens is 214 g/mol. The fourth-order valence-electron chi connectivity index (χ4n) is 1.27. The van der Waals surface area contributed by atoms with E-state index in [9.17, 15) is 0 Å². The number of aliphatic hydroxyl groups is 1. The molecule has 1 rings (SSSR count). The van der Waals surface area contributed by atoms with E-state index >= 15 is 0 Å². The van der Waals surface area contributed by atoms with Gasteiger partial charge < -0.3 is 10.0 Å². The number of aromatic nitrogens is 1. The van der Waals surface area contributed by atoms with Crippen LogP contribution in [0.15, 0.2) is 12.3 Å². The second kappa shape index (κ2) is 5.54. The first kappa shape index (κ1) is 11.8. The maximum atomic E-state index is 8.87. The minimum atomic E-state index is 0.0304. The second-order valence-corrected chi connectivity index (χ2v) is 3.29. The van der Waals surface area contributed by atoms with Crippen molar-refractivity contribution in [3.05, 3.63) is 22.8 Å². The number of nitriles is 1. The molecular formula is C10H12ClN3O. The zero-order chi connectivity index (χ0) is 11.3. The molecule has 0 aliphatic heterocycles. The number of hydrogen-bond donors (Lipinski definition) is 1. The van der Waals surface area contributed by atoms with Crippen molar-refractivity contribution in [1.29, 1.82) is 5.26 Å². The predicted molar refractivity (Wildman–Crippen MR) is 58.9 cm³/mol. The number of anilines is 1. The van der Waals surface area contributed by atoms with Crippen molar-refractivity contribution in [2.75, 3.05) is 24.6 Å². The Morgan fingerprint density at radius 1 is 1.67 bits per heavy atom. The minimum absolute atomic E-state index is 0.0304. The summed E-state index contributed by atoms with van der Waals surface area (Å²) in [6.45, 7) is 3.11. The van der Waals surface area contributed by atoms with E-state index < -0.39 is 0 Å². The van der Waals surface area contributed by atoms with Crippen LogP contribution in [0.1, 0.15) is 12.5 Å². The molecule has 0 atom stereocenters. The van der Waals surface area contributed by atoms with Crippen LogP contribution in [-0.2, 0) is 0 Å². The Balaban J connectivity index is 3.08. The molecule has 15 heavy (non-hydrogen) atoms. The summed E-state index contributed by atoms with van der Waals surface area (Å²) in [6.07, 6.45) is 1.54. The van der Waals surface area contributed by atoms with Crippen LogP contribution in [0.25, 0.3) is 0 Å². The van der Waals surface area contributed by atoms with E-state index in [0.29, 0.717) is 29.5 Å². The lowest BCUT2D eigenvalue weighted by Gasteiger charge is -2.21. The first-order chi connectivity index (χ1) is 7.24. The average molecular weight is 226 g/mol. The van der Waals surface area contributed by atoms with Gasteiger partial charge in [-0.15, -0.1) is 0 Å². The molecule has 80 valence electrons. The van der Waals surface area contributed by atoms with E-state index in [2.05, 4.69) is 4.98 Å². The van der Waals surface area contributed by atoms with Gasteiger partial charge in [-0.05, 0) is 13.0 Å². The Bertz CT molecular complexity index is 375. The Labute approximate surface area is 93.7 Å². The van der Waals surface area contributed by atoms with Crippen molar-refractivity contribution < 1.29 is 5.11 Å². The third kappa shape index (κ3) is 2.58. The molecule has 0 aliphatic carbocycles. The quantitative estimate of drug-likeness (QED) is 0.842. The molecule has 0 spiro atoms. The molecule has 1 aromatic heterocycles. The summed E-state index contributed by atoms with van der Waals surface area (Å²) in [5.41, 5.74) is 0.401. The molecule has 0 unspecified atom stereocenters. The van der Waals surface area contributed by atoms with Crippen LogP contribution < -0.4 is 4.90 Å². The number of hydrogen-bond acceptors (Lipinski definition) is 4. The highest BCUT2D eigenvalue weighted by Gasteiger charge is 2.12.